The van der Waals surface area contributed by atoms with Crippen molar-refractivity contribution in [2.24, 2.45) is 5.73 Å². The summed E-state index contributed by atoms with van der Waals surface area (Å²) >= 11 is 1.90. The Morgan fingerprint density at radius 1 is 1.40 bits per heavy atom. The van der Waals surface area contributed by atoms with Gasteiger partial charge in [-0.3, -0.25) is 4.68 Å². The fraction of sp³-hybridized carbons (Fsp3) is 0.600. The standard InChI is InChI=1S/C15H22N4S/c1-2-7-19-15(17-10-18-19)9-12(16)14-8-11-5-3-4-6-13(11)20-14/h8,10,12H,2-7,9,16H2,1H3. The monoisotopic (exact) mass is 290 g/mol. The number of thiophene rings is 1. The number of nitrogens with two attached hydrogens (primary N) is 1. The van der Waals surface area contributed by atoms with Crippen LogP contribution in [0.1, 0.15) is 53.4 Å². The maximum absolute atomic E-state index is 6.39. The van der Waals surface area contributed by atoms with E-state index in [1.807, 2.05) is 16.0 Å². The second-order valence-corrected chi connectivity index (χ2v) is 6.68. The van der Waals surface area contributed by atoms with Gasteiger partial charge in [-0.15, -0.1) is 11.3 Å². The Balaban J connectivity index is 1.73. The van der Waals surface area contributed by atoms with Crippen molar-refractivity contribution in [2.75, 3.05) is 0 Å². The van der Waals surface area contributed by atoms with Crippen LogP contribution in [0.4, 0.5) is 0 Å². The lowest BCUT2D eigenvalue weighted by Crippen LogP contribution is -2.16. The quantitative estimate of drug-likeness (QED) is 0.921. The van der Waals surface area contributed by atoms with Gasteiger partial charge in [-0.1, -0.05) is 6.92 Å². The number of hydrogen-bond donors (Lipinski definition) is 1. The summed E-state index contributed by atoms with van der Waals surface area (Å²) in [7, 11) is 0. The first kappa shape index (κ1) is 13.8. The second-order valence-electron chi connectivity index (χ2n) is 5.51. The molecule has 0 amide bonds. The Bertz CT molecular complexity index is 549. The highest BCUT2D eigenvalue weighted by atomic mass is 32.1. The lowest BCUT2D eigenvalue weighted by molar-refractivity contribution is 0.550. The predicted octanol–water partition coefficient (Wildman–Crippen LogP) is 2.87. The molecule has 20 heavy (non-hydrogen) atoms. The summed E-state index contributed by atoms with van der Waals surface area (Å²) < 4.78 is 1.98. The van der Waals surface area contributed by atoms with Gasteiger partial charge in [-0.05, 0) is 43.7 Å². The minimum Gasteiger partial charge on any atom is -0.323 e. The molecule has 0 aromatic carbocycles. The summed E-state index contributed by atoms with van der Waals surface area (Å²) in [5.74, 6) is 1.01. The molecule has 2 aromatic heterocycles. The minimum absolute atomic E-state index is 0.0467. The molecule has 2 N–H and O–H groups in total. The average molecular weight is 290 g/mol. The van der Waals surface area contributed by atoms with Crippen molar-refractivity contribution in [2.45, 2.75) is 58.0 Å². The Hall–Kier alpha value is -1.20. The number of fused-ring (bicyclic) bond motifs is 1. The third-order valence-electron chi connectivity index (χ3n) is 3.91. The predicted molar refractivity (Wildman–Crippen MR) is 81.9 cm³/mol. The fourth-order valence-corrected chi connectivity index (χ4v) is 4.10. The minimum atomic E-state index is 0.0467. The Kier molecular flexibility index (Phi) is 4.17. The van der Waals surface area contributed by atoms with Crippen molar-refractivity contribution in [3.05, 3.63) is 33.5 Å². The van der Waals surface area contributed by atoms with Gasteiger partial charge in [-0.25, -0.2) is 4.98 Å². The third kappa shape index (κ3) is 2.79. The molecule has 0 aliphatic heterocycles. The molecule has 0 spiro atoms. The molecule has 108 valence electrons. The molecule has 0 bridgehead atoms. The van der Waals surface area contributed by atoms with Crippen LogP contribution < -0.4 is 5.73 Å². The summed E-state index contributed by atoms with van der Waals surface area (Å²) in [5.41, 5.74) is 7.92. The van der Waals surface area contributed by atoms with Crippen LogP contribution in [0.5, 0.6) is 0 Å². The maximum atomic E-state index is 6.39. The molecule has 1 unspecified atom stereocenters. The second kappa shape index (κ2) is 6.06. The normalized spacial score (nSPS) is 16.1. The molecule has 1 atom stereocenters. The molecule has 4 nitrogen and oxygen atoms in total. The van der Waals surface area contributed by atoms with Crippen LogP contribution in [0.3, 0.4) is 0 Å². The van der Waals surface area contributed by atoms with Gasteiger partial charge in [0.1, 0.15) is 12.2 Å². The summed E-state index contributed by atoms with van der Waals surface area (Å²) in [4.78, 5) is 7.22. The molecule has 5 heteroatoms. The molecule has 2 aromatic rings. The van der Waals surface area contributed by atoms with Gasteiger partial charge < -0.3 is 5.73 Å². The van der Waals surface area contributed by atoms with E-state index in [0.29, 0.717) is 0 Å². The lowest BCUT2D eigenvalue weighted by Gasteiger charge is -2.10. The highest BCUT2D eigenvalue weighted by Crippen LogP contribution is 2.33. The number of aryl methyl sites for hydroxylation is 3. The molecule has 1 aliphatic carbocycles. The first-order chi connectivity index (χ1) is 9.78. The van der Waals surface area contributed by atoms with Crippen LogP contribution >= 0.6 is 11.3 Å². The van der Waals surface area contributed by atoms with E-state index in [-0.39, 0.29) is 6.04 Å². The third-order valence-corrected chi connectivity index (χ3v) is 5.28. The topological polar surface area (TPSA) is 56.7 Å². The van der Waals surface area contributed by atoms with E-state index in [9.17, 15) is 0 Å². The van der Waals surface area contributed by atoms with Gasteiger partial charge in [0.15, 0.2) is 0 Å². The maximum Gasteiger partial charge on any atom is 0.138 e. The number of hydrogen-bond acceptors (Lipinski definition) is 4. The first-order valence-electron chi connectivity index (χ1n) is 7.51. The molecule has 1 aliphatic rings. The van der Waals surface area contributed by atoms with Gasteiger partial charge in [0, 0.05) is 28.8 Å². The smallest absolute Gasteiger partial charge is 0.138 e. The Morgan fingerprint density at radius 3 is 3.05 bits per heavy atom. The van der Waals surface area contributed by atoms with E-state index in [2.05, 4.69) is 23.1 Å². The SMILES string of the molecule is CCCn1ncnc1CC(N)c1cc2c(s1)CCCC2. The average Bonchev–Trinajstić information content (AvgIpc) is 3.06. The van der Waals surface area contributed by atoms with E-state index in [4.69, 9.17) is 5.73 Å². The van der Waals surface area contributed by atoms with Gasteiger partial charge >= 0.3 is 0 Å². The molecular weight excluding hydrogens is 268 g/mol. The van der Waals surface area contributed by atoms with Crippen molar-refractivity contribution in [1.82, 2.24) is 14.8 Å². The van der Waals surface area contributed by atoms with Crippen LogP contribution in [0.15, 0.2) is 12.4 Å². The zero-order chi connectivity index (χ0) is 13.9. The highest BCUT2D eigenvalue weighted by molar-refractivity contribution is 7.12. The highest BCUT2D eigenvalue weighted by Gasteiger charge is 2.18. The van der Waals surface area contributed by atoms with Crippen molar-refractivity contribution in [3.8, 4) is 0 Å². The molecule has 3 rings (SSSR count). The van der Waals surface area contributed by atoms with Crippen LogP contribution in [0, 0.1) is 0 Å². The van der Waals surface area contributed by atoms with Gasteiger partial charge in [0.2, 0.25) is 0 Å². The van der Waals surface area contributed by atoms with E-state index in [1.54, 1.807) is 11.2 Å². The van der Waals surface area contributed by atoms with E-state index < -0.39 is 0 Å². The molecule has 0 saturated heterocycles. The molecule has 0 saturated carbocycles. The summed E-state index contributed by atoms with van der Waals surface area (Å²) in [6.45, 7) is 3.07. The molecule has 0 radical (unpaired) electrons. The van der Waals surface area contributed by atoms with E-state index >= 15 is 0 Å². The zero-order valence-electron chi connectivity index (χ0n) is 12.0. The first-order valence-corrected chi connectivity index (χ1v) is 8.33. The van der Waals surface area contributed by atoms with Crippen LogP contribution in [-0.4, -0.2) is 14.8 Å². The van der Waals surface area contributed by atoms with Crippen LogP contribution in [-0.2, 0) is 25.8 Å². The van der Waals surface area contributed by atoms with Gasteiger partial charge in [-0.2, -0.15) is 5.10 Å². The van der Waals surface area contributed by atoms with E-state index in [0.717, 1.165) is 25.2 Å². The van der Waals surface area contributed by atoms with Gasteiger partial charge in [0.25, 0.3) is 0 Å². The van der Waals surface area contributed by atoms with Gasteiger partial charge in [0.05, 0.1) is 0 Å². The van der Waals surface area contributed by atoms with Crippen molar-refractivity contribution >= 4 is 11.3 Å². The molecule has 0 fully saturated rings. The largest absolute Gasteiger partial charge is 0.323 e. The number of rotatable bonds is 5. The Labute approximate surface area is 124 Å². The van der Waals surface area contributed by atoms with Crippen LogP contribution in [0.25, 0.3) is 0 Å². The Morgan fingerprint density at radius 2 is 2.25 bits per heavy atom. The number of aromatic nitrogens is 3. The summed E-state index contributed by atoms with van der Waals surface area (Å²) in [6, 6.07) is 2.37. The van der Waals surface area contributed by atoms with Crippen molar-refractivity contribution < 1.29 is 0 Å². The number of nitrogens with zero attached hydrogens (tertiary/aromatic N) is 3. The summed E-state index contributed by atoms with van der Waals surface area (Å²) in [6.07, 6.45) is 8.59. The molecular formula is C15H22N4S. The van der Waals surface area contributed by atoms with Crippen LogP contribution in [0.2, 0.25) is 0 Å². The van der Waals surface area contributed by atoms with E-state index in [1.165, 1.54) is 36.1 Å². The fourth-order valence-electron chi connectivity index (χ4n) is 2.84. The lowest BCUT2D eigenvalue weighted by atomic mass is 9.98. The van der Waals surface area contributed by atoms with Crippen molar-refractivity contribution in [3.63, 3.8) is 0 Å². The van der Waals surface area contributed by atoms with Crippen molar-refractivity contribution in [1.29, 1.82) is 0 Å². The summed E-state index contributed by atoms with van der Waals surface area (Å²) in [5, 5.41) is 4.27. The zero-order valence-corrected chi connectivity index (χ0v) is 12.8. The molecule has 2 heterocycles.